The number of carbonyl (C=O) groups excluding carboxylic acids is 3. The smallest absolute Gasteiger partial charge is 0.291 e. The van der Waals surface area contributed by atoms with E-state index < -0.39 is 23.7 Å². The number of ether oxygens (including phenoxy) is 1. The Kier molecular flexibility index (Phi) is 6.62. The van der Waals surface area contributed by atoms with Crippen LogP contribution in [0.1, 0.15) is 33.9 Å². The number of Topliss-reactive ketones (excluding diaryl/α,β-unsaturated/α-hetero) is 2. The molecule has 0 saturated carbocycles. The van der Waals surface area contributed by atoms with Gasteiger partial charge in [0.1, 0.15) is 11.7 Å². The van der Waals surface area contributed by atoms with E-state index in [1.807, 2.05) is 26.2 Å². The molecule has 7 heteroatoms. The second kappa shape index (κ2) is 9.17. The van der Waals surface area contributed by atoms with Gasteiger partial charge in [0.2, 0.25) is 5.78 Å². The highest BCUT2D eigenvalue weighted by molar-refractivity contribution is 6.44. The van der Waals surface area contributed by atoms with Gasteiger partial charge in [-0.25, -0.2) is 4.98 Å². The molecule has 1 aliphatic heterocycles. The third kappa shape index (κ3) is 4.26. The molecule has 0 spiro atoms. The van der Waals surface area contributed by atoms with Crippen LogP contribution in [0, 0.1) is 12.8 Å². The summed E-state index contributed by atoms with van der Waals surface area (Å²) in [5.74, 6) is -1.96. The summed E-state index contributed by atoms with van der Waals surface area (Å²) >= 11 is 0. The van der Waals surface area contributed by atoms with Gasteiger partial charge in [-0.1, -0.05) is 0 Å². The average Bonchev–Trinajstić information content (AvgIpc) is 2.98. The van der Waals surface area contributed by atoms with Crippen molar-refractivity contribution in [3.8, 4) is 5.75 Å². The Hall–Kier alpha value is -3.06. The summed E-state index contributed by atoms with van der Waals surface area (Å²) in [6.07, 6.45) is 4.23. The summed E-state index contributed by atoms with van der Waals surface area (Å²) in [6, 6.07) is 8.17. The van der Waals surface area contributed by atoms with Crippen LogP contribution < -0.4 is 14.6 Å². The van der Waals surface area contributed by atoms with Crippen molar-refractivity contribution in [3.05, 3.63) is 59.4 Å². The van der Waals surface area contributed by atoms with Crippen molar-refractivity contribution in [3.63, 3.8) is 0 Å². The van der Waals surface area contributed by atoms with E-state index in [2.05, 4.69) is 4.98 Å². The van der Waals surface area contributed by atoms with Crippen LogP contribution in [-0.4, -0.2) is 56.7 Å². The molecule has 0 radical (unpaired) electrons. The molecule has 2 heterocycles. The fourth-order valence-electron chi connectivity index (χ4n) is 4.01. The zero-order valence-electron chi connectivity index (χ0n) is 17.9. The molecule has 0 bridgehead atoms. The number of nitrogens with zero attached hydrogens (tertiary/aromatic N) is 1. The van der Waals surface area contributed by atoms with Crippen molar-refractivity contribution >= 4 is 17.5 Å². The van der Waals surface area contributed by atoms with E-state index in [0.29, 0.717) is 17.9 Å². The maximum atomic E-state index is 13.5. The molecule has 1 aliphatic rings. The summed E-state index contributed by atoms with van der Waals surface area (Å²) < 4.78 is 5.22. The second-order valence-electron chi connectivity index (χ2n) is 7.97. The van der Waals surface area contributed by atoms with Crippen molar-refractivity contribution in [2.24, 2.45) is 5.92 Å². The van der Waals surface area contributed by atoms with Gasteiger partial charge in [0.25, 0.3) is 5.91 Å². The lowest BCUT2D eigenvalue weighted by Crippen LogP contribution is -3.05. The number of methoxy groups -OCH3 is 1. The van der Waals surface area contributed by atoms with Crippen LogP contribution in [-0.2, 0) is 9.59 Å². The molecule has 1 saturated heterocycles. The summed E-state index contributed by atoms with van der Waals surface area (Å²) in [7, 11) is 5.64. The Bertz CT molecular complexity index is 943. The number of hydrogen-bond acceptors (Lipinski definition) is 4. The molecule has 2 unspecified atom stereocenters. The van der Waals surface area contributed by atoms with Crippen molar-refractivity contribution < 1.29 is 29.0 Å². The third-order valence-electron chi connectivity index (χ3n) is 5.55. The van der Waals surface area contributed by atoms with E-state index in [4.69, 9.17) is 4.74 Å². The number of benzene rings is 1. The molecule has 3 rings (SSSR count). The Labute approximate surface area is 176 Å². The minimum absolute atomic E-state index is 0.327. The first-order valence-electron chi connectivity index (χ1n) is 10.1. The number of carbonyl (C=O) groups is 3. The number of ketones is 2. The number of pyridine rings is 1. The number of likely N-dealkylation sites (tertiary alicyclic amines) is 1. The van der Waals surface area contributed by atoms with Gasteiger partial charge in [0.15, 0.2) is 18.2 Å². The van der Waals surface area contributed by atoms with Crippen molar-refractivity contribution in [1.82, 2.24) is 4.90 Å². The maximum absolute atomic E-state index is 13.5. The number of aromatic nitrogens is 1. The lowest BCUT2D eigenvalue weighted by molar-refractivity contribution is -0.858. The van der Waals surface area contributed by atoms with Crippen LogP contribution in [0.3, 0.4) is 0 Å². The number of nitrogens with one attached hydrogen (secondary N) is 2. The van der Waals surface area contributed by atoms with Crippen molar-refractivity contribution in [2.45, 2.75) is 19.4 Å². The predicted octanol–water partition coefficient (Wildman–Crippen LogP) is 0.304. The van der Waals surface area contributed by atoms with Crippen LogP contribution >= 0.6 is 0 Å². The van der Waals surface area contributed by atoms with Crippen LogP contribution in [0.2, 0.25) is 0 Å². The third-order valence-corrected chi connectivity index (χ3v) is 5.55. The number of hydrogen-bond donors (Lipinski definition) is 1. The minimum atomic E-state index is -1.06. The van der Waals surface area contributed by atoms with E-state index in [1.165, 1.54) is 4.90 Å². The predicted molar refractivity (Wildman–Crippen MR) is 110 cm³/mol. The molecule has 7 nitrogen and oxygen atoms in total. The van der Waals surface area contributed by atoms with E-state index in [9.17, 15) is 14.4 Å². The average molecular weight is 412 g/mol. The largest absolute Gasteiger partial charge is 0.497 e. The minimum Gasteiger partial charge on any atom is -0.497 e. The standard InChI is InChI=1S/C23H27N3O4/c1-15-14-17(30-4)6-7-18(15)21(27)19-20(16-8-10-24-11-9-16)26(23(29)22(19)28)13-5-12-25(2)3/h6-11,14,19-20H,5,12-13H2,1-4H3/p+2. The number of amides is 1. The highest BCUT2D eigenvalue weighted by Crippen LogP contribution is 2.38. The molecule has 158 valence electrons. The summed E-state index contributed by atoms with van der Waals surface area (Å²) in [5, 5.41) is 0. The quantitative estimate of drug-likeness (QED) is 0.385. The number of aromatic amines is 1. The van der Waals surface area contributed by atoms with Gasteiger partial charge in [-0.05, 0) is 36.2 Å². The highest BCUT2D eigenvalue weighted by atomic mass is 16.5. The van der Waals surface area contributed by atoms with E-state index in [0.717, 1.165) is 24.1 Å². The molecular weight excluding hydrogens is 382 g/mol. The first-order valence-corrected chi connectivity index (χ1v) is 10.1. The van der Waals surface area contributed by atoms with Crippen molar-refractivity contribution in [2.75, 3.05) is 34.3 Å². The fraction of sp³-hybridized carbons (Fsp3) is 0.391. The monoisotopic (exact) mass is 411 g/mol. The molecule has 1 fully saturated rings. The topological polar surface area (TPSA) is 82.3 Å². The van der Waals surface area contributed by atoms with E-state index in [1.54, 1.807) is 49.5 Å². The van der Waals surface area contributed by atoms with Crippen LogP contribution in [0.25, 0.3) is 0 Å². The number of aryl methyl sites for hydroxylation is 1. The van der Waals surface area contributed by atoms with Gasteiger partial charge in [0, 0.05) is 30.7 Å². The van der Waals surface area contributed by atoms with Gasteiger partial charge in [-0.2, -0.15) is 0 Å². The lowest BCUT2D eigenvalue weighted by Gasteiger charge is -2.27. The maximum Gasteiger partial charge on any atom is 0.291 e. The molecule has 0 aliphatic carbocycles. The molecule has 2 atom stereocenters. The molecule has 30 heavy (non-hydrogen) atoms. The summed E-state index contributed by atoms with van der Waals surface area (Å²) in [6.45, 7) is 3.11. The lowest BCUT2D eigenvalue weighted by atomic mass is 9.85. The molecule has 2 N–H and O–H groups in total. The summed E-state index contributed by atoms with van der Waals surface area (Å²) in [4.78, 5) is 45.2. The SMILES string of the molecule is COc1ccc(C(=O)C2C(=O)C(=O)N(CCC[NH+](C)C)C2c2cc[nH+]cc2)c(C)c1. The van der Waals surface area contributed by atoms with Crippen LogP contribution in [0.15, 0.2) is 42.7 Å². The Morgan fingerprint density at radius 2 is 1.87 bits per heavy atom. The van der Waals surface area contributed by atoms with Gasteiger partial charge in [-0.3, -0.25) is 14.4 Å². The number of quaternary nitrogens is 1. The number of H-pyrrole nitrogens is 1. The fourth-order valence-corrected chi connectivity index (χ4v) is 4.01. The Balaban J connectivity index is 1.99. The number of rotatable bonds is 8. The Morgan fingerprint density at radius 1 is 1.17 bits per heavy atom. The Morgan fingerprint density at radius 3 is 2.47 bits per heavy atom. The first kappa shape index (κ1) is 21.6. The zero-order chi connectivity index (χ0) is 21.8. The van der Waals surface area contributed by atoms with Gasteiger partial charge in [0.05, 0.1) is 33.8 Å². The zero-order valence-corrected chi connectivity index (χ0v) is 17.9. The molecule has 2 aromatic rings. The van der Waals surface area contributed by atoms with Gasteiger partial charge < -0.3 is 14.5 Å². The van der Waals surface area contributed by atoms with Crippen molar-refractivity contribution in [1.29, 1.82) is 0 Å². The highest BCUT2D eigenvalue weighted by Gasteiger charge is 2.51. The molecule has 1 aromatic heterocycles. The van der Waals surface area contributed by atoms with Gasteiger partial charge in [-0.15, -0.1) is 0 Å². The normalized spacial score (nSPS) is 18.9. The van der Waals surface area contributed by atoms with E-state index >= 15 is 0 Å². The molecule has 1 amide bonds. The molecule has 1 aromatic carbocycles. The second-order valence-corrected chi connectivity index (χ2v) is 7.97. The van der Waals surface area contributed by atoms with E-state index in [-0.39, 0.29) is 5.78 Å². The van der Waals surface area contributed by atoms with Crippen LogP contribution in [0.5, 0.6) is 5.75 Å². The first-order chi connectivity index (χ1) is 14.3. The van der Waals surface area contributed by atoms with Crippen LogP contribution in [0.4, 0.5) is 0 Å². The molecular formula is C23H29N3O4+2. The summed E-state index contributed by atoms with van der Waals surface area (Å²) in [5.41, 5.74) is 1.93. The van der Waals surface area contributed by atoms with Gasteiger partial charge >= 0.3 is 0 Å².